The van der Waals surface area contributed by atoms with Crippen molar-refractivity contribution in [2.24, 2.45) is 0 Å². The molecule has 2 heterocycles. The van der Waals surface area contributed by atoms with Crippen molar-refractivity contribution in [1.82, 2.24) is 19.7 Å². The highest BCUT2D eigenvalue weighted by molar-refractivity contribution is 7.99. The Labute approximate surface area is 175 Å². The van der Waals surface area contributed by atoms with Gasteiger partial charge in [-0.05, 0) is 25.0 Å². The Kier molecular flexibility index (Phi) is 7.94. The molecule has 154 valence electrons. The summed E-state index contributed by atoms with van der Waals surface area (Å²) in [6.07, 6.45) is 9.75. The molecule has 2 aromatic rings. The molecule has 7 nitrogen and oxygen atoms in total. The molecule has 0 bridgehead atoms. The summed E-state index contributed by atoms with van der Waals surface area (Å²) in [6.45, 7) is 5.24. The first-order valence-corrected chi connectivity index (χ1v) is 11.1. The molecule has 0 aromatic carbocycles. The number of nitrogens with zero attached hydrogens (tertiary/aromatic N) is 5. The lowest BCUT2D eigenvalue weighted by Gasteiger charge is -2.22. The quantitative estimate of drug-likeness (QED) is 0.430. The molecule has 0 saturated heterocycles. The summed E-state index contributed by atoms with van der Waals surface area (Å²) in [5, 5.41) is 18.5. The molecule has 8 heteroatoms. The van der Waals surface area contributed by atoms with Crippen LogP contribution in [0.15, 0.2) is 40.6 Å². The molecule has 1 saturated carbocycles. The van der Waals surface area contributed by atoms with Crippen LogP contribution in [0.5, 0.6) is 0 Å². The van der Waals surface area contributed by atoms with Crippen LogP contribution < -0.4 is 0 Å². The maximum atomic E-state index is 12.8. The third-order valence-corrected chi connectivity index (χ3v) is 6.08. The Morgan fingerprint density at radius 3 is 2.93 bits per heavy atom. The predicted octanol–water partition coefficient (Wildman–Crippen LogP) is 4.14. The summed E-state index contributed by atoms with van der Waals surface area (Å²) in [6, 6.07) is 5.73. The van der Waals surface area contributed by atoms with Crippen LogP contribution >= 0.6 is 11.8 Å². The van der Waals surface area contributed by atoms with Crippen molar-refractivity contribution in [2.75, 3.05) is 12.3 Å². The van der Waals surface area contributed by atoms with Gasteiger partial charge in [0, 0.05) is 19.0 Å². The van der Waals surface area contributed by atoms with Crippen molar-refractivity contribution in [3.63, 3.8) is 0 Å². The lowest BCUT2D eigenvalue weighted by Crippen LogP contribution is -2.32. The van der Waals surface area contributed by atoms with Crippen LogP contribution in [0.25, 0.3) is 0 Å². The van der Waals surface area contributed by atoms with Gasteiger partial charge >= 0.3 is 0 Å². The second-order valence-electron chi connectivity index (χ2n) is 7.17. The van der Waals surface area contributed by atoms with E-state index in [1.165, 1.54) is 31.0 Å². The van der Waals surface area contributed by atoms with Gasteiger partial charge in [0.15, 0.2) is 5.16 Å². The van der Waals surface area contributed by atoms with Crippen LogP contribution in [0.2, 0.25) is 0 Å². The zero-order valence-electron chi connectivity index (χ0n) is 16.6. The summed E-state index contributed by atoms with van der Waals surface area (Å²) in [5.41, 5.74) is 0. The zero-order chi connectivity index (χ0) is 20.5. The van der Waals surface area contributed by atoms with Gasteiger partial charge in [-0.25, -0.2) is 0 Å². The molecule has 1 aliphatic rings. The molecule has 29 heavy (non-hydrogen) atoms. The number of amides is 1. The smallest absolute Gasteiger partial charge is 0.233 e. The molecule has 0 radical (unpaired) electrons. The molecule has 1 fully saturated rings. The number of furan rings is 1. The van der Waals surface area contributed by atoms with Gasteiger partial charge in [0.2, 0.25) is 5.91 Å². The second kappa shape index (κ2) is 10.9. The number of carbonyl (C=O) groups is 1. The first kappa shape index (κ1) is 21.2. The molecule has 0 spiro atoms. The molecule has 1 aliphatic carbocycles. The fourth-order valence-electron chi connectivity index (χ4n) is 3.66. The predicted molar refractivity (Wildman–Crippen MR) is 111 cm³/mol. The van der Waals surface area contributed by atoms with Crippen LogP contribution in [0.4, 0.5) is 0 Å². The van der Waals surface area contributed by atoms with E-state index in [-0.39, 0.29) is 18.1 Å². The van der Waals surface area contributed by atoms with Crippen LogP contribution in [0, 0.1) is 11.3 Å². The first-order chi connectivity index (χ1) is 14.2. The summed E-state index contributed by atoms with van der Waals surface area (Å²) in [5.74, 6) is 2.35. The number of aromatic nitrogens is 3. The van der Waals surface area contributed by atoms with Crippen molar-refractivity contribution in [3.05, 3.63) is 42.6 Å². The second-order valence-corrected chi connectivity index (χ2v) is 8.11. The maximum Gasteiger partial charge on any atom is 0.233 e. The van der Waals surface area contributed by atoms with Gasteiger partial charge in [-0.2, -0.15) is 5.26 Å². The highest BCUT2D eigenvalue weighted by Gasteiger charge is 2.24. The number of nitriles is 1. The topological polar surface area (TPSA) is 88.0 Å². The van der Waals surface area contributed by atoms with E-state index in [1.807, 2.05) is 12.1 Å². The summed E-state index contributed by atoms with van der Waals surface area (Å²) in [7, 11) is 0. The minimum Gasteiger partial charge on any atom is -0.467 e. The van der Waals surface area contributed by atoms with Crippen molar-refractivity contribution >= 4 is 17.7 Å². The van der Waals surface area contributed by atoms with Crippen LogP contribution in [-0.4, -0.2) is 37.9 Å². The maximum absolute atomic E-state index is 12.8. The average Bonchev–Trinajstić information content (AvgIpc) is 3.40. The Bertz CT molecular complexity index is 834. The molecule has 0 atom stereocenters. The molecule has 0 unspecified atom stereocenters. The van der Waals surface area contributed by atoms with Crippen molar-refractivity contribution in [2.45, 2.75) is 62.7 Å². The minimum atomic E-state index is -0.0472. The van der Waals surface area contributed by atoms with Gasteiger partial charge in [0.05, 0.1) is 31.1 Å². The number of carbonyl (C=O) groups excluding carboxylic acids is 1. The first-order valence-electron chi connectivity index (χ1n) is 10.1. The third-order valence-electron chi connectivity index (χ3n) is 5.13. The number of allylic oxidation sites excluding steroid dienone is 1. The third kappa shape index (κ3) is 5.73. The number of hydrogen-bond acceptors (Lipinski definition) is 6. The molecular weight excluding hydrogens is 386 g/mol. The number of hydrogen-bond donors (Lipinski definition) is 0. The van der Waals surface area contributed by atoms with E-state index in [1.54, 1.807) is 17.2 Å². The average molecular weight is 414 g/mol. The molecule has 3 rings (SSSR count). The van der Waals surface area contributed by atoms with E-state index in [0.717, 1.165) is 23.8 Å². The summed E-state index contributed by atoms with van der Waals surface area (Å²) >= 11 is 1.39. The Morgan fingerprint density at radius 2 is 2.24 bits per heavy atom. The van der Waals surface area contributed by atoms with E-state index in [9.17, 15) is 4.79 Å². The fourth-order valence-corrected chi connectivity index (χ4v) is 4.51. The lowest BCUT2D eigenvalue weighted by molar-refractivity contribution is -0.129. The van der Waals surface area contributed by atoms with Crippen molar-refractivity contribution < 1.29 is 9.21 Å². The highest BCUT2D eigenvalue weighted by atomic mass is 32.2. The lowest BCUT2D eigenvalue weighted by atomic mass is 9.89. The number of thioether (sulfide) groups is 1. The monoisotopic (exact) mass is 413 g/mol. The van der Waals surface area contributed by atoms with Gasteiger partial charge in [0.25, 0.3) is 0 Å². The van der Waals surface area contributed by atoms with E-state index in [2.05, 4.69) is 27.4 Å². The molecule has 1 amide bonds. The zero-order valence-corrected chi connectivity index (χ0v) is 17.4. The standard InChI is InChI=1S/C21H27N5O2S/c1-2-12-26-20(17-8-4-3-5-9-17)23-24-21(26)29-16-19(27)25(13-7-11-22)15-18-10-6-14-28-18/h2,6,10,14,17H,1,3-5,7-9,12-13,15-16H2. The molecule has 0 N–H and O–H groups in total. The van der Waals surface area contributed by atoms with Crippen LogP contribution in [0.1, 0.15) is 56.0 Å². The Balaban J connectivity index is 1.66. The van der Waals surface area contributed by atoms with E-state index in [0.29, 0.717) is 31.3 Å². The SMILES string of the molecule is C=CCn1c(SCC(=O)N(CCC#N)Cc2ccco2)nnc1C1CCCCC1. The Morgan fingerprint density at radius 1 is 1.41 bits per heavy atom. The summed E-state index contributed by atoms with van der Waals surface area (Å²) < 4.78 is 7.45. The van der Waals surface area contributed by atoms with Crippen molar-refractivity contribution in [3.8, 4) is 6.07 Å². The highest BCUT2D eigenvalue weighted by Crippen LogP contribution is 2.33. The van der Waals surface area contributed by atoms with E-state index in [4.69, 9.17) is 9.68 Å². The fraction of sp³-hybridized carbons (Fsp3) is 0.524. The number of rotatable bonds is 10. The van der Waals surface area contributed by atoms with Gasteiger partial charge < -0.3 is 13.9 Å². The van der Waals surface area contributed by atoms with Gasteiger partial charge in [-0.1, -0.05) is 37.1 Å². The van der Waals surface area contributed by atoms with Crippen molar-refractivity contribution in [1.29, 1.82) is 5.26 Å². The minimum absolute atomic E-state index is 0.0472. The van der Waals surface area contributed by atoms with Crippen LogP contribution in [0.3, 0.4) is 0 Å². The normalized spacial score (nSPS) is 14.4. The van der Waals surface area contributed by atoms with E-state index >= 15 is 0 Å². The van der Waals surface area contributed by atoms with Gasteiger partial charge in [0.1, 0.15) is 11.6 Å². The summed E-state index contributed by atoms with van der Waals surface area (Å²) in [4.78, 5) is 14.5. The molecular formula is C21H27N5O2S. The van der Waals surface area contributed by atoms with Gasteiger partial charge in [-0.3, -0.25) is 4.79 Å². The van der Waals surface area contributed by atoms with E-state index < -0.39 is 0 Å². The Hall–Kier alpha value is -2.53. The molecule has 2 aromatic heterocycles. The largest absolute Gasteiger partial charge is 0.467 e. The van der Waals surface area contributed by atoms with Crippen LogP contribution in [-0.2, 0) is 17.9 Å². The molecule has 0 aliphatic heterocycles. The van der Waals surface area contributed by atoms with Gasteiger partial charge in [-0.15, -0.1) is 16.8 Å².